The van der Waals surface area contributed by atoms with Crippen molar-refractivity contribution in [3.63, 3.8) is 0 Å². The lowest BCUT2D eigenvalue weighted by molar-refractivity contribution is -0.121. The zero-order valence-electron chi connectivity index (χ0n) is 24.7. The van der Waals surface area contributed by atoms with Gasteiger partial charge in [-0.2, -0.15) is 5.26 Å². The molecule has 1 aromatic heterocycles. The number of likely N-dealkylation sites (tertiary alicyclic amines) is 1. The minimum atomic E-state index is -1.16. The van der Waals surface area contributed by atoms with Gasteiger partial charge in [0.25, 0.3) is 5.91 Å². The molecule has 2 aliphatic heterocycles. The number of benzene rings is 2. The van der Waals surface area contributed by atoms with E-state index in [1.54, 1.807) is 35.3 Å². The molecule has 0 bridgehead atoms. The van der Waals surface area contributed by atoms with Gasteiger partial charge in [-0.3, -0.25) is 19.5 Å². The van der Waals surface area contributed by atoms with Gasteiger partial charge in [0.05, 0.1) is 23.6 Å². The Hall–Kier alpha value is -4.26. The molecule has 2 N–H and O–H groups in total. The number of amides is 2. The van der Waals surface area contributed by atoms with E-state index in [2.05, 4.69) is 16.4 Å². The van der Waals surface area contributed by atoms with Crippen LogP contribution in [0.25, 0.3) is 11.1 Å². The second-order valence-electron chi connectivity index (χ2n) is 12.4. The number of rotatable bonds is 9. The molecular formula is C34H37N5O4. The summed E-state index contributed by atoms with van der Waals surface area (Å²) in [6.45, 7) is 4.26. The molecule has 1 spiro atoms. The number of nitrogens with one attached hydrogen (secondary N) is 1. The second-order valence-corrected chi connectivity index (χ2v) is 12.4. The molecule has 6 rings (SSSR count). The molecule has 43 heavy (non-hydrogen) atoms. The quantitative estimate of drug-likeness (QED) is 0.381. The summed E-state index contributed by atoms with van der Waals surface area (Å²) in [6, 6.07) is 17.7. The van der Waals surface area contributed by atoms with E-state index in [1.165, 1.54) is 0 Å². The highest BCUT2D eigenvalue weighted by molar-refractivity contribution is 6.06. The van der Waals surface area contributed by atoms with Crippen LogP contribution in [-0.2, 0) is 10.2 Å². The SMILES string of the molecule is CC(C)C[C@@H](C(O)N1C[C@]2(C[C@H]1C#N)C(=O)Nc1ccccc12)N(C)C(=O)c1ccc(OC2CC2)c(-c2cccnc2)c1. The number of hydrogen-bond donors (Lipinski definition) is 2. The van der Waals surface area contributed by atoms with Crippen molar-refractivity contribution in [2.24, 2.45) is 5.92 Å². The molecule has 3 heterocycles. The summed E-state index contributed by atoms with van der Waals surface area (Å²) in [4.78, 5) is 34.9. The van der Waals surface area contributed by atoms with Crippen LogP contribution in [0, 0.1) is 17.2 Å². The summed E-state index contributed by atoms with van der Waals surface area (Å²) in [6.07, 6.45) is 5.29. The lowest BCUT2D eigenvalue weighted by atomic mass is 9.80. The van der Waals surface area contributed by atoms with E-state index in [0.717, 1.165) is 35.2 Å². The van der Waals surface area contributed by atoms with E-state index < -0.39 is 23.7 Å². The molecule has 9 nitrogen and oxygen atoms in total. The highest BCUT2D eigenvalue weighted by Gasteiger charge is 2.56. The lowest BCUT2D eigenvalue weighted by Crippen LogP contribution is -2.54. The van der Waals surface area contributed by atoms with Gasteiger partial charge in [-0.1, -0.05) is 38.1 Å². The Balaban J connectivity index is 1.30. The van der Waals surface area contributed by atoms with Gasteiger partial charge in [-0.05, 0) is 67.5 Å². The molecule has 2 amide bonds. The average Bonchev–Trinajstić information content (AvgIpc) is 3.68. The summed E-state index contributed by atoms with van der Waals surface area (Å²) in [5.74, 6) is 0.453. The summed E-state index contributed by atoms with van der Waals surface area (Å²) >= 11 is 0. The van der Waals surface area contributed by atoms with Gasteiger partial charge in [0.15, 0.2) is 0 Å². The number of nitrogens with zero attached hydrogens (tertiary/aromatic N) is 4. The van der Waals surface area contributed by atoms with Crippen molar-refractivity contribution in [1.82, 2.24) is 14.8 Å². The van der Waals surface area contributed by atoms with E-state index in [1.807, 2.05) is 62.4 Å². The van der Waals surface area contributed by atoms with Crippen molar-refractivity contribution >= 4 is 17.5 Å². The number of para-hydroxylation sites is 1. The third-order valence-corrected chi connectivity index (χ3v) is 8.90. The van der Waals surface area contributed by atoms with Gasteiger partial charge >= 0.3 is 0 Å². The Bertz CT molecular complexity index is 1570. The first-order valence-corrected chi connectivity index (χ1v) is 14.9. The largest absolute Gasteiger partial charge is 0.490 e. The Kier molecular flexibility index (Phi) is 7.67. The zero-order chi connectivity index (χ0) is 30.3. The van der Waals surface area contributed by atoms with Crippen LogP contribution in [-0.4, -0.2) is 69.7 Å². The van der Waals surface area contributed by atoms with Crippen LogP contribution in [0.3, 0.4) is 0 Å². The number of fused-ring (bicyclic) bond motifs is 2. The number of carbonyl (C=O) groups excluding carboxylic acids is 2. The molecule has 3 aromatic rings. The Labute approximate surface area is 252 Å². The Morgan fingerprint density at radius 1 is 1.23 bits per heavy atom. The summed E-state index contributed by atoms with van der Waals surface area (Å²) in [7, 11) is 1.70. The van der Waals surface area contributed by atoms with E-state index in [-0.39, 0.29) is 36.8 Å². The van der Waals surface area contributed by atoms with E-state index >= 15 is 0 Å². The third kappa shape index (κ3) is 5.37. The highest BCUT2D eigenvalue weighted by atomic mass is 16.5. The first kappa shape index (κ1) is 28.8. The molecule has 1 saturated heterocycles. The molecule has 9 heteroatoms. The maximum Gasteiger partial charge on any atom is 0.254 e. The number of hydrogen-bond acceptors (Lipinski definition) is 7. The normalized spacial score (nSPS) is 22.6. The number of nitriles is 1. The average molecular weight is 580 g/mol. The van der Waals surface area contributed by atoms with Crippen LogP contribution < -0.4 is 10.1 Å². The minimum Gasteiger partial charge on any atom is -0.490 e. The number of anilines is 1. The van der Waals surface area contributed by atoms with Crippen LogP contribution >= 0.6 is 0 Å². The predicted molar refractivity (Wildman–Crippen MR) is 162 cm³/mol. The monoisotopic (exact) mass is 579 g/mol. The van der Waals surface area contributed by atoms with E-state index in [0.29, 0.717) is 17.7 Å². The summed E-state index contributed by atoms with van der Waals surface area (Å²) < 4.78 is 6.15. The van der Waals surface area contributed by atoms with Crippen molar-refractivity contribution in [3.8, 4) is 22.9 Å². The van der Waals surface area contributed by atoms with Gasteiger partial charge < -0.3 is 20.1 Å². The van der Waals surface area contributed by atoms with Gasteiger partial charge in [-0.15, -0.1) is 0 Å². The van der Waals surface area contributed by atoms with Crippen LogP contribution in [0.1, 0.15) is 55.5 Å². The molecule has 0 radical (unpaired) electrons. The fourth-order valence-corrected chi connectivity index (χ4v) is 6.48. The van der Waals surface area contributed by atoms with Gasteiger partial charge in [0.1, 0.15) is 18.0 Å². The first-order chi connectivity index (χ1) is 20.7. The smallest absolute Gasteiger partial charge is 0.254 e. The molecule has 3 aliphatic rings. The van der Waals surface area contributed by atoms with Gasteiger partial charge in [0, 0.05) is 48.4 Å². The van der Waals surface area contributed by atoms with Crippen LogP contribution in [0.2, 0.25) is 0 Å². The standard InChI is InChI=1S/C34H37N5O4/c1-21(2)15-29(32(41)39-20-34(17-24(39)18-35)27-8-4-5-9-28(27)37-33(34)42)38(3)31(40)22-10-13-30(43-25-11-12-25)26(16-22)23-7-6-14-36-19-23/h4-10,13-14,16,19,21,24-25,29,32,41H,11-12,15,17,20H2,1-3H3,(H,37,42)/t24-,29-,32?,34-/m0/s1. The number of ether oxygens (including phenoxy) is 1. The van der Waals surface area contributed by atoms with Crippen LogP contribution in [0.15, 0.2) is 67.0 Å². The third-order valence-electron chi connectivity index (χ3n) is 8.90. The van der Waals surface area contributed by atoms with E-state index in [4.69, 9.17) is 4.74 Å². The molecule has 1 unspecified atom stereocenters. The fourth-order valence-electron chi connectivity index (χ4n) is 6.48. The zero-order valence-corrected chi connectivity index (χ0v) is 24.7. The topological polar surface area (TPSA) is 119 Å². The number of aliphatic hydroxyl groups excluding tert-OH is 1. The maximum absolute atomic E-state index is 14.0. The minimum absolute atomic E-state index is 0.155. The van der Waals surface area contributed by atoms with Crippen LogP contribution in [0.4, 0.5) is 5.69 Å². The molecule has 1 aliphatic carbocycles. The van der Waals surface area contributed by atoms with Gasteiger partial charge in [-0.25, -0.2) is 0 Å². The van der Waals surface area contributed by atoms with E-state index in [9.17, 15) is 20.0 Å². The molecule has 222 valence electrons. The molecular weight excluding hydrogens is 542 g/mol. The maximum atomic E-state index is 14.0. The number of carbonyl (C=O) groups is 2. The van der Waals surface area contributed by atoms with Crippen molar-refractivity contribution in [1.29, 1.82) is 5.26 Å². The summed E-state index contributed by atoms with van der Waals surface area (Å²) in [5.41, 5.74) is 2.75. The second kappa shape index (κ2) is 11.4. The van der Waals surface area contributed by atoms with Crippen molar-refractivity contribution in [2.45, 2.75) is 69.4 Å². The number of aromatic nitrogens is 1. The first-order valence-electron chi connectivity index (χ1n) is 14.9. The van der Waals surface area contributed by atoms with Crippen LogP contribution in [0.5, 0.6) is 5.75 Å². The molecule has 2 fully saturated rings. The molecule has 4 atom stereocenters. The highest BCUT2D eigenvalue weighted by Crippen LogP contribution is 2.47. The number of aliphatic hydroxyl groups is 1. The lowest BCUT2D eigenvalue weighted by Gasteiger charge is -2.38. The number of pyridine rings is 1. The predicted octanol–water partition coefficient (Wildman–Crippen LogP) is 4.58. The Morgan fingerprint density at radius 2 is 2.02 bits per heavy atom. The van der Waals surface area contributed by atoms with Crippen molar-refractivity contribution in [3.05, 3.63) is 78.1 Å². The van der Waals surface area contributed by atoms with Crippen molar-refractivity contribution in [2.75, 3.05) is 18.9 Å². The number of likely N-dealkylation sites (N-methyl/N-ethyl adjacent to an activating group) is 1. The molecule has 1 saturated carbocycles. The Morgan fingerprint density at radius 3 is 2.72 bits per heavy atom. The molecule has 2 aromatic carbocycles. The fraction of sp³-hybridized carbons (Fsp3) is 0.412. The summed E-state index contributed by atoms with van der Waals surface area (Å²) in [5, 5.41) is 25.0. The van der Waals surface area contributed by atoms with Gasteiger partial charge in [0.2, 0.25) is 5.91 Å². The van der Waals surface area contributed by atoms with Crippen molar-refractivity contribution < 1.29 is 19.4 Å².